The monoisotopic (exact) mass is 341 g/mol. The molecule has 2 rings (SSSR count). The Labute approximate surface area is 136 Å². The number of hydrogen-bond donors (Lipinski definition) is 2. The van der Waals surface area contributed by atoms with Crippen LogP contribution in [0.2, 0.25) is 0 Å². The molecule has 0 aliphatic rings. The number of aliphatic hydroxyl groups is 1. The smallest absolute Gasteiger partial charge is 0.272 e. The molecule has 2 atom stereocenters. The second-order valence-corrected chi connectivity index (χ2v) is 6.01. The second kappa shape index (κ2) is 7.56. The molecule has 23 heavy (non-hydrogen) atoms. The number of aliphatic hydroxyl groups excluding tert-OH is 1. The first-order valence-corrected chi connectivity index (χ1v) is 8.21. The van der Waals surface area contributed by atoms with Gasteiger partial charge in [-0.3, -0.25) is 4.79 Å². The second-order valence-electron chi connectivity index (χ2n) is 4.93. The van der Waals surface area contributed by atoms with Crippen LogP contribution in [0, 0.1) is 11.6 Å². The van der Waals surface area contributed by atoms with E-state index < -0.39 is 17.5 Å². The van der Waals surface area contributed by atoms with Crippen molar-refractivity contribution in [1.82, 2.24) is 15.1 Å². The van der Waals surface area contributed by atoms with Crippen LogP contribution in [-0.2, 0) is 0 Å². The van der Waals surface area contributed by atoms with Gasteiger partial charge in [-0.2, -0.15) is 16.9 Å². The highest BCUT2D eigenvalue weighted by Crippen LogP contribution is 2.17. The van der Waals surface area contributed by atoms with Gasteiger partial charge in [-0.1, -0.05) is 6.07 Å². The van der Waals surface area contributed by atoms with Crippen LogP contribution in [0.15, 0.2) is 30.5 Å². The molecular formula is C15H17F2N3O2S. The maximum Gasteiger partial charge on any atom is 0.272 e. The number of benzene rings is 1. The standard InChI is InChI=1S/C15H17F2N3O2S/c1-9(13(8-21)23-2)18-15(22)12-6-7-20(19-12)14-10(16)4-3-5-11(14)17/h3-7,9,13,21H,8H2,1-2H3,(H,18,22). The van der Waals surface area contributed by atoms with E-state index >= 15 is 0 Å². The number of amides is 1. The van der Waals surface area contributed by atoms with Crippen molar-refractivity contribution in [2.45, 2.75) is 18.2 Å². The molecule has 8 heteroatoms. The predicted octanol–water partition coefficient (Wildman–Crippen LogP) is 1.99. The topological polar surface area (TPSA) is 67.2 Å². The number of hydrogen-bond acceptors (Lipinski definition) is 4. The fraction of sp³-hybridized carbons (Fsp3) is 0.333. The van der Waals surface area contributed by atoms with Crippen LogP contribution in [0.1, 0.15) is 17.4 Å². The van der Waals surface area contributed by atoms with E-state index in [2.05, 4.69) is 10.4 Å². The lowest BCUT2D eigenvalue weighted by Crippen LogP contribution is -2.41. The van der Waals surface area contributed by atoms with E-state index in [1.54, 1.807) is 6.92 Å². The average Bonchev–Trinajstić information content (AvgIpc) is 2.98. The number of carbonyl (C=O) groups excluding carboxylic acids is 1. The van der Waals surface area contributed by atoms with Gasteiger partial charge >= 0.3 is 0 Å². The lowest BCUT2D eigenvalue weighted by atomic mass is 10.2. The number of nitrogens with one attached hydrogen (secondary N) is 1. The molecule has 0 radical (unpaired) electrons. The van der Waals surface area contributed by atoms with Crippen molar-refractivity contribution in [3.63, 3.8) is 0 Å². The Bertz CT molecular complexity index is 669. The van der Waals surface area contributed by atoms with E-state index in [0.717, 1.165) is 16.8 Å². The fourth-order valence-corrected chi connectivity index (χ4v) is 2.71. The highest BCUT2D eigenvalue weighted by atomic mass is 32.2. The average molecular weight is 341 g/mol. The summed E-state index contributed by atoms with van der Waals surface area (Å²) in [6.07, 6.45) is 3.15. The van der Waals surface area contributed by atoms with Gasteiger partial charge in [0, 0.05) is 17.5 Å². The zero-order chi connectivity index (χ0) is 17.0. The van der Waals surface area contributed by atoms with Gasteiger partial charge in [0.05, 0.1) is 6.61 Å². The molecular weight excluding hydrogens is 324 g/mol. The summed E-state index contributed by atoms with van der Waals surface area (Å²) in [6.45, 7) is 1.69. The van der Waals surface area contributed by atoms with Gasteiger partial charge in [0.2, 0.25) is 0 Å². The highest BCUT2D eigenvalue weighted by Gasteiger charge is 2.20. The number of nitrogens with zero attached hydrogens (tertiary/aromatic N) is 2. The van der Waals surface area contributed by atoms with E-state index in [4.69, 9.17) is 0 Å². The fourth-order valence-electron chi connectivity index (χ4n) is 2.09. The van der Waals surface area contributed by atoms with E-state index in [1.807, 2.05) is 6.26 Å². The first-order chi connectivity index (χ1) is 11.0. The van der Waals surface area contributed by atoms with Crippen molar-refractivity contribution in [3.05, 3.63) is 47.8 Å². The number of halogens is 2. The van der Waals surface area contributed by atoms with Gasteiger partial charge in [0.1, 0.15) is 5.69 Å². The van der Waals surface area contributed by atoms with E-state index in [-0.39, 0.29) is 29.3 Å². The number of para-hydroxylation sites is 1. The number of rotatable bonds is 6. The Morgan fingerprint density at radius 1 is 1.39 bits per heavy atom. The molecule has 2 unspecified atom stereocenters. The molecule has 2 N–H and O–H groups in total. The molecule has 1 amide bonds. The summed E-state index contributed by atoms with van der Waals surface area (Å²) in [5.74, 6) is -2.01. The Hall–Kier alpha value is -1.93. The largest absolute Gasteiger partial charge is 0.395 e. The Morgan fingerprint density at radius 2 is 2.04 bits per heavy atom. The summed E-state index contributed by atoms with van der Waals surface area (Å²) in [7, 11) is 0. The van der Waals surface area contributed by atoms with Gasteiger partial charge in [-0.25, -0.2) is 13.5 Å². The lowest BCUT2D eigenvalue weighted by molar-refractivity contribution is 0.0930. The molecule has 0 bridgehead atoms. The first kappa shape index (κ1) is 17.4. The van der Waals surface area contributed by atoms with Gasteiger partial charge in [-0.15, -0.1) is 0 Å². The van der Waals surface area contributed by atoms with Crippen molar-refractivity contribution < 1.29 is 18.7 Å². The number of aromatic nitrogens is 2. The summed E-state index contributed by atoms with van der Waals surface area (Å²) in [5, 5.41) is 15.7. The van der Waals surface area contributed by atoms with Crippen molar-refractivity contribution in [2.24, 2.45) is 0 Å². The summed E-state index contributed by atoms with van der Waals surface area (Å²) in [5.41, 5.74) is -0.297. The van der Waals surface area contributed by atoms with Crippen LogP contribution in [0.4, 0.5) is 8.78 Å². The first-order valence-electron chi connectivity index (χ1n) is 6.92. The zero-order valence-corrected chi connectivity index (χ0v) is 13.5. The van der Waals surface area contributed by atoms with Gasteiger partial charge in [-0.05, 0) is 31.4 Å². The molecule has 1 aromatic carbocycles. The molecule has 0 fully saturated rings. The van der Waals surface area contributed by atoms with Crippen molar-refractivity contribution >= 4 is 17.7 Å². The molecule has 0 aliphatic carbocycles. The van der Waals surface area contributed by atoms with Crippen LogP contribution in [0.25, 0.3) is 5.69 Å². The molecule has 0 spiro atoms. The van der Waals surface area contributed by atoms with Crippen LogP contribution >= 0.6 is 11.8 Å². The minimum Gasteiger partial charge on any atom is -0.395 e. The molecule has 0 saturated carbocycles. The minimum atomic E-state index is -0.767. The van der Waals surface area contributed by atoms with Crippen molar-refractivity contribution in [1.29, 1.82) is 0 Å². The maximum absolute atomic E-state index is 13.7. The predicted molar refractivity (Wildman–Crippen MR) is 84.8 cm³/mol. The van der Waals surface area contributed by atoms with E-state index in [9.17, 15) is 18.7 Å². The van der Waals surface area contributed by atoms with E-state index in [0.29, 0.717) is 0 Å². The molecule has 5 nitrogen and oxygen atoms in total. The third-order valence-corrected chi connectivity index (χ3v) is 4.55. The molecule has 124 valence electrons. The lowest BCUT2D eigenvalue weighted by Gasteiger charge is -2.20. The molecule has 0 aliphatic heterocycles. The maximum atomic E-state index is 13.7. The highest BCUT2D eigenvalue weighted by molar-refractivity contribution is 7.99. The van der Waals surface area contributed by atoms with Crippen LogP contribution < -0.4 is 5.32 Å². The summed E-state index contributed by atoms with van der Waals surface area (Å²) < 4.78 is 28.4. The minimum absolute atomic E-state index is 0.0392. The summed E-state index contributed by atoms with van der Waals surface area (Å²) in [6, 6.07) is 4.59. The molecule has 0 saturated heterocycles. The third kappa shape index (κ3) is 3.89. The van der Waals surface area contributed by atoms with Crippen molar-refractivity contribution in [3.8, 4) is 5.69 Å². The molecule has 1 heterocycles. The molecule has 2 aromatic rings. The Kier molecular flexibility index (Phi) is 5.73. The SMILES string of the molecule is CSC(CO)C(C)NC(=O)c1ccn(-c2c(F)cccc2F)n1. The van der Waals surface area contributed by atoms with Crippen molar-refractivity contribution in [2.75, 3.05) is 12.9 Å². The Morgan fingerprint density at radius 3 is 2.61 bits per heavy atom. The third-order valence-electron chi connectivity index (χ3n) is 3.39. The van der Waals surface area contributed by atoms with Crippen LogP contribution in [0.5, 0.6) is 0 Å². The number of carbonyl (C=O) groups is 1. The zero-order valence-electron chi connectivity index (χ0n) is 12.7. The number of thioether (sulfide) groups is 1. The summed E-state index contributed by atoms with van der Waals surface area (Å²) in [4.78, 5) is 12.1. The van der Waals surface area contributed by atoms with Gasteiger partial charge in [0.25, 0.3) is 5.91 Å². The normalized spacial score (nSPS) is 13.6. The summed E-state index contributed by atoms with van der Waals surface area (Å²) >= 11 is 1.43. The van der Waals surface area contributed by atoms with Crippen LogP contribution in [0.3, 0.4) is 0 Å². The van der Waals surface area contributed by atoms with Crippen LogP contribution in [-0.4, -0.2) is 44.9 Å². The van der Waals surface area contributed by atoms with Gasteiger partial charge in [0.15, 0.2) is 17.3 Å². The Balaban J connectivity index is 2.17. The van der Waals surface area contributed by atoms with Gasteiger partial charge < -0.3 is 10.4 Å². The van der Waals surface area contributed by atoms with E-state index in [1.165, 1.54) is 30.1 Å². The quantitative estimate of drug-likeness (QED) is 0.843. The molecule has 1 aromatic heterocycles.